The summed E-state index contributed by atoms with van der Waals surface area (Å²) >= 11 is 5.34. The molecule has 0 aliphatic carbocycles. The van der Waals surface area contributed by atoms with Crippen LogP contribution in [0.4, 0.5) is 10.1 Å². The summed E-state index contributed by atoms with van der Waals surface area (Å²) in [6.07, 6.45) is 2.60. The lowest BCUT2D eigenvalue weighted by Gasteiger charge is -2.42. The van der Waals surface area contributed by atoms with E-state index in [9.17, 15) is 4.39 Å². The molecule has 5 heteroatoms. The smallest absolute Gasteiger partial charge is 0.171 e. The normalized spacial score (nSPS) is 29.0. The van der Waals surface area contributed by atoms with Gasteiger partial charge in [0, 0.05) is 18.5 Å². The maximum absolute atomic E-state index is 12.8. The molecule has 1 atom stereocenters. The van der Waals surface area contributed by atoms with Gasteiger partial charge in [-0.3, -0.25) is 0 Å². The molecule has 102 valence electrons. The lowest BCUT2D eigenvalue weighted by Crippen LogP contribution is -3.17. The molecule has 0 radical (unpaired) electrons. The Morgan fingerprint density at radius 3 is 2.47 bits per heavy atom. The number of benzene rings is 1. The number of quaternary nitrogens is 1. The topological polar surface area (TPSA) is 28.5 Å². The van der Waals surface area contributed by atoms with Crippen molar-refractivity contribution < 1.29 is 9.29 Å². The fourth-order valence-electron chi connectivity index (χ4n) is 3.17. The van der Waals surface area contributed by atoms with Gasteiger partial charge in [0.2, 0.25) is 0 Å². The highest BCUT2D eigenvalue weighted by molar-refractivity contribution is 7.80. The average molecular weight is 280 g/mol. The fraction of sp³-hybridized carbons (Fsp3) is 0.500. The van der Waals surface area contributed by atoms with Gasteiger partial charge in [0.15, 0.2) is 5.11 Å². The van der Waals surface area contributed by atoms with Gasteiger partial charge >= 0.3 is 0 Å². The monoisotopic (exact) mass is 280 g/mol. The van der Waals surface area contributed by atoms with Gasteiger partial charge in [0.05, 0.1) is 25.7 Å². The van der Waals surface area contributed by atoms with Crippen LogP contribution in [0.5, 0.6) is 0 Å². The summed E-state index contributed by atoms with van der Waals surface area (Å²) in [5, 5.41) is 7.18. The summed E-state index contributed by atoms with van der Waals surface area (Å²) in [5.74, 6) is 0.524. The SMILES string of the molecule is Fc1ccc(NC(=S)N[C@H]2C[NH+]3CCC2CC3)cc1. The van der Waals surface area contributed by atoms with Crippen molar-refractivity contribution in [3.05, 3.63) is 30.1 Å². The number of hydrogen-bond acceptors (Lipinski definition) is 1. The van der Waals surface area contributed by atoms with Crippen LogP contribution in [-0.2, 0) is 0 Å². The average Bonchev–Trinajstić information content (AvgIpc) is 2.43. The number of piperidine rings is 3. The van der Waals surface area contributed by atoms with E-state index < -0.39 is 0 Å². The van der Waals surface area contributed by atoms with Crippen molar-refractivity contribution in [2.24, 2.45) is 5.92 Å². The quantitative estimate of drug-likeness (QED) is 0.700. The summed E-state index contributed by atoms with van der Waals surface area (Å²) in [4.78, 5) is 1.68. The first-order chi connectivity index (χ1) is 9.20. The van der Waals surface area contributed by atoms with Crippen LogP contribution in [0.3, 0.4) is 0 Å². The zero-order valence-electron chi connectivity index (χ0n) is 10.8. The van der Waals surface area contributed by atoms with Crippen LogP contribution in [0.15, 0.2) is 24.3 Å². The highest BCUT2D eigenvalue weighted by Gasteiger charge is 2.37. The molecule has 3 nitrogen and oxygen atoms in total. The molecule has 0 amide bonds. The van der Waals surface area contributed by atoms with Gasteiger partial charge in [0.25, 0.3) is 0 Å². The molecule has 19 heavy (non-hydrogen) atoms. The lowest BCUT2D eigenvalue weighted by atomic mass is 9.84. The molecular weight excluding hydrogens is 261 g/mol. The van der Waals surface area contributed by atoms with E-state index in [0.29, 0.717) is 11.2 Å². The number of nitrogens with one attached hydrogen (secondary N) is 3. The van der Waals surface area contributed by atoms with Crippen molar-refractivity contribution in [1.29, 1.82) is 0 Å². The summed E-state index contributed by atoms with van der Waals surface area (Å²) in [6, 6.07) is 6.75. The van der Waals surface area contributed by atoms with Gasteiger partial charge in [-0.15, -0.1) is 0 Å². The van der Waals surface area contributed by atoms with Crippen molar-refractivity contribution >= 4 is 23.0 Å². The highest BCUT2D eigenvalue weighted by Crippen LogP contribution is 2.18. The minimum atomic E-state index is -0.231. The van der Waals surface area contributed by atoms with Crippen molar-refractivity contribution in [1.82, 2.24) is 5.32 Å². The van der Waals surface area contributed by atoms with Crippen LogP contribution in [0.2, 0.25) is 0 Å². The maximum Gasteiger partial charge on any atom is 0.171 e. The molecule has 3 fully saturated rings. The number of rotatable bonds is 2. The first-order valence-corrected chi connectivity index (χ1v) is 7.28. The standard InChI is InChI=1S/C14H18FN3S/c15-11-1-3-12(4-2-11)16-14(19)17-13-9-18-7-5-10(13)6-8-18/h1-4,10,13H,5-9H2,(H2,16,17,19)/p+1/t13-/m0/s1. The molecule has 3 saturated heterocycles. The highest BCUT2D eigenvalue weighted by atomic mass is 32.1. The molecule has 0 saturated carbocycles. The van der Waals surface area contributed by atoms with E-state index in [4.69, 9.17) is 12.2 Å². The Morgan fingerprint density at radius 2 is 1.89 bits per heavy atom. The lowest BCUT2D eigenvalue weighted by molar-refractivity contribution is -0.917. The molecule has 3 N–H and O–H groups in total. The van der Waals surface area contributed by atoms with Gasteiger partial charge in [-0.25, -0.2) is 4.39 Å². The van der Waals surface area contributed by atoms with Crippen LogP contribution in [0.25, 0.3) is 0 Å². The Labute approximate surface area is 118 Å². The molecule has 1 aromatic rings. The van der Waals surface area contributed by atoms with Crippen molar-refractivity contribution in [3.63, 3.8) is 0 Å². The van der Waals surface area contributed by atoms with E-state index >= 15 is 0 Å². The minimum Gasteiger partial charge on any atom is -0.354 e. The molecule has 3 heterocycles. The Bertz CT molecular complexity index is 454. The fourth-order valence-corrected chi connectivity index (χ4v) is 3.44. The number of fused-ring (bicyclic) bond motifs is 3. The Morgan fingerprint density at radius 1 is 1.21 bits per heavy atom. The van der Waals surface area contributed by atoms with Gasteiger partial charge < -0.3 is 15.5 Å². The molecular formula is C14H19FN3S+. The van der Waals surface area contributed by atoms with Gasteiger partial charge in [-0.1, -0.05) is 0 Å². The second-order valence-electron chi connectivity index (χ2n) is 5.50. The number of halogens is 1. The molecule has 2 bridgehead atoms. The summed E-state index contributed by atoms with van der Waals surface area (Å²) in [5.41, 5.74) is 0.826. The van der Waals surface area contributed by atoms with E-state index in [-0.39, 0.29) is 5.82 Å². The molecule has 0 unspecified atom stereocenters. The number of anilines is 1. The van der Waals surface area contributed by atoms with Gasteiger partial charge in [0.1, 0.15) is 5.82 Å². The Balaban J connectivity index is 1.55. The van der Waals surface area contributed by atoms with Crippen LogP contribution in [0.1, 0.15) is 12.8 Å². The second kappa shape index (κ2) is 5.43. The van der Waals surface area contributed by atoms with Crippen LogP contribution in [0, 0.1) is 11.7 Å². The van der Waals surface area contributed by atoms with Crippen molar-refractivity contribution in [2.45, 2.75) is 18.9 Å². The third-order valence-corrected chi connectivity index (χ3v) is 4.45. The minimum absolute atomic E-state index is 0.231. The molecule has 1 aromatic carbocycles. The van der Waals surface area contributed by atoms with E-state index in [1.54, 1.807) is 17.0 Å². The molecule has 0 spiro atoms. The molecule has 3 aliphatic heterocycles. The molecule has 0 aromatic heterocycles. The van der Waals surface area contributed by atoms with E-state index in [0.717, 1.165) is 18.2 Å². The first-order valence-electron chi connectivity index (χ1n) is 6.87. The predicted molar refractivity (Wildman–Crippen MR) is 77.8 cm³/mol. The summed E-state index contributed by atoms with van der Waals surface area (Å²) in [6.45, 7) is 3.78. The first kappa shape index (κ1) is 12.8. The third kappa shape index (κ3) is 3.04. The number of hydrogen-bond donors (Lipinski definition) is 3. The summed E-state index contributed by atoms with van der Waals surface area (Å²) in [7, 11) is 0. The Hall–Kier alpha value is -1.20. The Kier molecular flexibility index (Phi) is 3.66. The van der Waals surface area contributed by atoms with E-state index in [1.807, 2.05) is 0 Å². The van der Waals surface area contributed by atoms with Gasteiger partial charge in [-0.2, -0.15) is 0 Å². The maximum atomic E-state index is 12.8. The molecule has 4 rings (SSSR count). The zero-order chi connectivity index (χ0) is 13.2. The van der Waals surface area contributed by atoms with Crippen molar-refractivity contribution in [3.8, 4) is 0 Å². The van der Waals surface area contributed by atoms with E-state index in [2.05, 4.69) is 10.6 Å². The third-order valence-electron chi connectivity index (χ3n) is 4.23. The largest absolute Gasteiger partial charge is 0.354 e. The predicted octanol–water partition coefficient (Wildman–Crippen LogP) is 0.789. The second-order valence-corrected chi connectivity index (χ2v) is 5.91. The van der Waals surface area contributed by atoms with E-state index in [1.165, 1.54) is 38.1 Å². The van der Waals surface area contributed by atoms with Crippen LogP contribution in [-0.4, -0.2) is 30.8 Å². The van der Waals surface area contributed by atoms with Crippen LogP contribution >= 0.6 is 12.2 Å². The van der Waals surface area contributed by atoms with Gasteiger partial charge in [-0.05, 0) is 42.4 Å². The zero-order valence-corrected chi connectivity index (χ0v) is 11.6. The van der Waals surface area contributed by atoms with Crippen molar-refractivity contribution in [2.75, 3.05) is 25.0 Å². The van der Waals surface area contributed by atoms with Crippen LogP contribution < -0.4 is 15.5 Å². The molecule has 3 aliphatic rings. The summed E-state index contributed by atoms with van der Waals surface area (Å²) < 4.78 is 12.8. The number of thiocarbonyl (C=S) groups is 1.